The lowest BCUT2D eigenvalue weighted by molar-refractivity contribution is -0.385. The van der Waals surface area contributed by atoms with Crippen molar-refractivity contribution in [2.24, 2.45) is 0 Å². The Hall–Kier alpha value is -1.99. The third-order valence-corrected chi connectivity index (χ3v) is 3.47. The maximum absolute atomic E-state index is 13.0. The van der Waals surface area contributed by atoms with E-state index in [0.717, 1.165) is 12.1 Å². The van der Waals surface area contributed by atoms with E-state index in [4.69, 9.17) is 11.6 Å². The zero-order chi connectivity index (χ0) is 15.6. The molecule has 0 unspecified atom stereocenters. The maximum Gasteiger partial charge on any atom is 0.283 e. The van der Waals surface area contributed by atoms with Crippen molar-refractivity contribution < 1.29 is 14.1 Å². The molecule has 0 bridgehead atoms. The SMILES string of the molecule is O=C(Nc1ccc(F)cc1Br)c1ccc(Cl)cc1[N+](=O)[O-]. The lowest BCUT2D eigenvalue weighted by Crippen LogP contribution is -2.14. The highest BCUT2D eigenvalue weighted by Crippen LogP contribution is 2.27. The van der Waals surface area contributed by atoms with Crippen molar-refractivity contribution in [3.63, 3.8) is 0 Å². The number of nitrogens with one attached hydrogen (secondary N) is 1. The molecule has 1 amide bonds. The number of anilines is 1. The van der Waals surface area contributed by atoms with Crippen LogP contribution < -0.4 is 5.32 Å². The minimum Gasteiger partial charge on any atom is -0.321 e. The third-order valence-electron chi connectivity index (χ3n) is 2.58. The smallest absolute Gasteiger partial charge is 0.283 e. The first kappa shape index (κ1) is 15.4. The van der Waals surface area contributed by atoms with Crippen LogP contribution in [-0.2, 0) is 0 Å². The number of carbonyl (C=O) groups excluding carboxylic acids is 1. The molecule has 0 atom stereocenters. The van der Waals surface area contributed by atoms with Crippen LogP contribution in [0.1, 0.15) is 10.4 Å². The first-order chi connectivity index (χ1) is 9.88. The Balaban J connectivity index is 2.34. The van der Waals surface area contributed by atoms with Gasteiger partial charge in [-0.1, -0.05) is 11.6 Å². The van der Waals surface area contributed by atoms with Gasteiger partial charge in [0, 0.05) is 15.6 Å². The molecule has 0 aliphatic rings. The number of benzene rings is 2. The highest BCUT2D eigenvalue weighted by molar-refractivity contribution is 9.10. The van der Waals surface area contributed by atoms with Gasteiger partial charge in [-0.05, 0) is 46.3 Å². The number of rotatable bonds is 3. The Bertz CT molecular complexity index is 739. The fourth-order valence-corrected chi connectivity index (χ4v) is 2.24. The average molecular weight is 374 g/mol. The van der Waals surface area contributed by atoms with Gasteiger partial charge in [0.05, 0.1) is 10.6 Å². The Labute approximate surface area is 132 Å². The molecule has 0 radical (unpaired) electrons. The fourth-order valence-electron chi connectivity index (χ4n) is 1.63. The van der Waals surface area contributed by atoms with Crippen molar-refractivity contribution in [2.75, 3.05) is 5.32 Å². The molecule has 0 fully saturated rings. The number of halogens is 3. The van der Waals surface area contributed by atoms with E-state index in [1.165, 1.54) is 24.3 Å². The highest BCUT2D eigenvalue weighted by Gasteiger charge is 2.21. The summed E-state index contributed by atoms with van der Waals surface area (Å²) in [6, 6.07) is 7.41. The van der Waals surface area contributed by atoms with E-state index in [1.807, 2.05) is 0 Å². The minimum absolute atomic E-state index is 0.138. The Morgan fingerprint density at radius 1 is 1.29 bits per heavy atom. The molecule has 0 saturated heterocycles. The van der Waals surface area contributed by atoms with E-state index < -0.39 is 22.3 Å². The molecule has 8 heteroatoms. The van der Waals surface area contributed by atoms with Gasteiger partial charge >= 0.3 is 0 Å². The summed E-state index contributed by atoms with van der Waals surface area (Å²) >= 11 is 8.78. The van der Waals surface area contributed by atoms with E-state index in [-0.39, 0.29) is 10.6 Å². The fraction of sp³-hybridized carbons (Fsp3) is 0. The molecule has 108 valence electrons. The van der Waals surface area contributed by atoms with Gasteiger partial charge in [-0.2, -0.15) is 0 Å². The van der Waals surface area contributed by atoms with Crippen molar-refractivity contribution in [2.45, 2.75) is 0 Å². The first-order valence-electron chi connectivity index (χ1n) is 5.59. The van der Waals surface area contributed by atoms with Crippen LogP contribution in [0.4, 0.5) is 15.8 Å². The molecule has 1 N–H and O–H groups in total. The maximum atomic E-state index is 13.0. The van der Waals surface area contributed by atoms with Crippen LogP contribution in [0.5, 0.6) is 0 Å². The van der Waals surface area contributed by atoms with E-state index in [0.29, 0.717) is 10.2 Å². The largest absolute Gasteiger partial charge is 0.321 e. The zero-order valence-electron chi connectivity index (χ0n) is 10.3. The van der Waals surface area contributed by atoms with Crippen LogP contribution in [0.3, 0.4) is 0 Å². The summed E-state index contributed by atoms with van der Waals surface area (Å²) in [6.45, 7) is 0. The molecule has 0 aliphatic heterocycles. The van der Waals surface area contributed by atoms with Gasteiger partial charge in [-0.15, -0.1) is 0 Å². The highest BCUT2D eigenvalue weighted by atomic mass is 79.9. The molecule has 0 aliphatic carbocycles. The molecule has 0 spiro atoms. The van der Waals surface area contributed by atoms with Gasteiger partial charge in [0.15, 0.2) is 0 Å². The van der Waals surface area contributed by atoms with Crippen molar-refractivity contribution >= 4 is 44.8 Å². The van der Waals surface area contributed by atoms with Crippen LogP contribution in [0, 0.1) is 15.9 Å². The summed E-state index contributed by atoms with van der Waals surface area (Å²) in [7, 11) is 0. The normalized spacial score (nSPS) is 10.2. The van der Waals surface area contributed by atoms with Gasteiger partial charge in [0.25, 0.3) is 11.6 Å². The second-order valence-corrected chi connectivity index (χ2v) is 5.29. The second-order valence-electron chi connectivity index (χ2n) is 4.00. The lowest BCUT2D eigenvalue weighted by atomic mass is 10.1. The molecular weight excluding hydrogens is 367 g/mol. The lowest BCUT2D eigenvalue weighted by Gasteiger charge is -2.08. The molecule has 0 heterocycles. The molecule has 2 rings (SSSR count). The average Bonchev–Trinajstić information content (AvgIpc) is 2.41. The van der Waals surface area contributed by atoms with Gasteiger partial charge in [-0.3, -0.25) is 14.9 Å². The summed E-state index contributed by atoms with van der Waals surface area (Å²) in [6.07, 6.45) is 0. The van der Waals surface area contributed by atoms with Crippen LogP contribution >= 0.6 is 27.5 Å². The summed E-state index contributed by atoms with van der Waals surface area (Å²) in [5.41, 5.74) is -0.246. The standard InChI is InChI=1S/C13H7BrClFN2O3/c14-10-6-8(16)2-4-11(10)17-13(19)9-3-1-7(15)5-12(9)18(20)21/h1-6H,(H,17,19). The van der Waals surface area contributed by atoms with Gasteiger partial charge in [0.2, 0.25) is 0 Å². The van der Waals surface area contributed by atoms with E-state index >= 15 is 0 Å². The zero-order valence-corrected chi connectivity index (χ0v) is 12.6. The second kappa shape index (κ2) is 6.19. The van der Waals surface area contributed by atoms with Crippen LogP contribution in [0.2, 0.25) is 5.02 Å². The summed E-state index contributed by atoms with van der Waals surface area (Å²) in [5, 5.41) is 13.6. The Morgan fingerprint density at radius 3 is 2.62 bits per heavy atom. The van der Waals surface area contributed by atoms with Crippen LogP contribution in [0.25, 0.3) is 0 Å². The molecular formula is C13H7BrClFN2O3. The molecule has 5 nitrogen and oxygen atoms in total. The summed E-state index contributed by atoms with van der Waals surface area (Å²) in [4.78, 5) is 22.4. The number of nitrogens with zero attached hydrogens (tertiary/aromatic N) is 1. The van der Waals surface area contributed by atoms with Crippen molar-refractivity contribution in [1.82, 2.24) is 0 Å². The van der Waals surface area contributed by atoms with Gasteiger partial charge < -0.3 is 5.32 Å². The van der Waals surface area contributed by atoms with Crippen molar-refractivity contribution in [1.29, 1.82) is 0 Å². The molecule has 0 saturated carbocycles. The third kappa shape index (κ3) is 3.56. The first-order valence-corrected chi connectivity index (χ1v) is 6.76. The van der Waals surface area contributed by atoms with Gasteiger partial charge in [-0.25, -0.2) is 4.39 Å². The predicted octanol–water partition coefficient (Wildman–Crippen LogP) is 4.40. The predicted molar refractivity (Wildman–Crippen MR) is 80.2 cm³/mol. The Kier molecular flexibility index (Phi) is 4.54. The number of carbonyl (C=O) groups is 1. The Morgan fingerprint density at radius 2 is 2.00 bits per heavy atom. The monoisotopic (exact) mass is 372 g/mol. The van der Waals surface area contributed by atoms with Crippen LogP contribution in [0.15, 0.2) is 40.9 Å². The van der Waals surface area contributed by atoms with E-state index in [2.05, 4.69) is 21.2 Å². The van der Waals surface area contributed by atoms with Gasteiger partial charge in [0.1, 0.15) is 11.4 Å². The van der Waals surface area contributed by atoms with Crippen molar-refractivity contribution in [3.8, 4) is 0 Å². The van der Waals surface area contributed by atoms with Crippen LogP contribution in [-0.4, -0.2) is 10.8 Å². The number of hydrogen-bond acceptors (Lipinski definition) is 3. The number of hydrogen-bond donors (Lipinski definition) is 1. The molecule has 2 aromatic rings. The van der Waals surface area contributed by atoms with Crippen molar-refractivity contribution in [3.05, 3.63) is 67.4 Å². The summed E-state index contributed by atoms with van der Waals surface area (Å²) in [5.74, 6) is -1.16. The summed E-state index contributed by atoms with van der Waals surface area (Å²) < 4.78 is 13.3. The number of amides is 1. The van der Waals surface area contributed by atoms with E-state index in [1.54, 1.807) is 0 Å². The van der Waals surface area contributed by atoms with E-state index in [9.17, 15) is 19.3 Å². The minimum atomic E-state index is -0.694. The molecule has 2 aromatic carbocycles. The number of nitro benzene ring substituents is 1. The molecule has 0 aromatic heterocycles. The number of nitro groups is 1. The topological polar surface area (TPSA) is 72.2 Å². The molecule has 21 heavy (non-hydrogen) atoms. The quantitative estimate of drug-likeness (QED) is 0.640.